The number of amides is 2. The van der Waals surface area contributed by atoms with E-state index in [0.29, 0.717) is 25.9 Å². The topological polar surface area (TPSA) is 49.4 Å². The first-order valence-electron chi connectivity index (χ1n) is 9.71. The van der Waals surface area contributed by atoms with Crippen molar-refractivity contribution in [3.63, 3.8) is 0 Å². The van der Waals surface area contributed by atoms with E-state index in [-0.39, 0.29) is 11.8 Å². The number of aryl methyl sites for hydroxylation is 1. The highest BCUT2D eigenvalue weighted by molar-refractivity contribution is 5.87. The first kappa shape index (κ1) is 20.7. The molecule has 0 aliphatic carbocycles. The lowest BCUT2D eigenvalue weighted by Gasteiger charge is -2.31. The average molecular weight is 367 g/mol. The molecule has 0 radical (unpaired) electrons. The normalized spacial score (nSPS) is 11.7. The SMILES string of the molecule is CCCNC(=O)[C@H](Cc1ccccc1)N(Cc1ccc(C)cc1)C(=O)CC. The summed E-state index contributed by atoms with van der Waals surface area (Å²) in [7, 11) is 0. The van der Waals surface area contributed by atoms with Crippen molar-refractivity contribution in [2.75, 3.05) is 6.54 Å². The minimum atomic E-state index is -0.521. The molecule has 0 aliphatic rings. The van der Waals surface area contributed by atoms with Crippen LogP contribution in [0.5, 0.6) is 0 Å². The Bertz CT molecular complexity index is 726. The van der Waals surface area contributed by atoms with Crippen molar-refractivity contribution in [3.8, 4) is 0 Å². The lowest BCUT2D eigenvalue weighted by molar-refractivity contribution is -0.141. The third-order valence-electron chi connectivity index (χ3n) is 4.60. The first-order chi connectivity index (χ1) is 13.0. The van der Waals surface area contributed by atoms with Crippen LogP contribution in [0.25, 0.3) is 0 Å². The van der Waals surface area contributed by atoms with Gasteiger partial charge >= 0.3 is 0 Å². The van der Waals surface area contributed by atoms with Crippen LogP contribution in [0, 0.1) is 6.92 Å². The lowest BCUT2D eigenvalue weighted by Crippen LogP contribution is -2.50. The van der Waals surface area contributed by atoms with Gasteiger partial charge in [0.1, 0.15) is 6.04 Å². The van der Waals surface area contributed by atoms with Gasteiger partial charge in [0.15, 0.2) is 0 Å². The van der Waals surface area contributed by atoms with Gasteiger partial charge < -0.3 is 10.2 Å². The van der Waals surface area contributed by atoms with Crippen LogP contribution in [0.1, 0.15) is 43.4 Å². The van der Waals surface area contributed by atoms with Crippen molar-refractivity contribution in [1.29, 1.82) is 0 Å². The number of carbonyl (C=O) groups excluding carboxylic acids is 2. The van der Waals surface area contributed by atoms with Crippen molar-refractivity contribution < 1.29 is 9.59 Å². The van der Waals surface area contributed by atoms with E-state index in [1.807, 2.05) is 75.4 Å². The molecule has 0 saturated carbocycles. The Hall–Kier alpha value is -2.62. The molecule has 144 valence electrons. The van der Waals surface area contributed by atoms with Crippen LogP contribution >= 0.6 is 0 Å². The highest BCUT2D eigenvalue weighted by Gasteiger charge is 2.29. The fourth-order valence-electron chi connectivity index (χ4n) is 3.01. The van der Waals surface area contributed by atoms with E-state index < -0.39 is 6.04 Å². The average Bonchev–Trinajstić information content (AvgIpc) is 2.70. The highest BCUT2D eigenvalue weighted by atomic mass is 16.2. The van der Waals surface area contributed by atoms with E-state index in [9.17, 15) is 9.59 Å². The summed E-state index contributed by atoms with van der Waals surface area (Å²) in [4.78, 5) is 27.4. The maximum absolute atomic E-state index is 12.9. The van der Waals surface area contributed by atoms with Crippen LogP contribution in [-0.2, 0) is 22.6 Å². The zero-order chi connectivity index (χ0) is 19.6. The molecule has 0 aliphatic heterocycles. The van der Waals surface area contributed by atoms with Gasteiger partial charge in [-0.05, 0) is 24.5 Å². The number of rotatable bonds is 9. The van der Waals surface area contributed by atoms with Crippen LogP contribution in [0.15, 0.2) is 54.6 Å². The summed E-state index contributed by atoms with van der Waals surface area (Å²) in [5, 5.41) is 2.97. The molecule has 0 heterocycles. The van der Waals surface area contributed by atoms with E-state index in [1.165, 1.54) is 5.56 Å². The molecule has 4 nitrogen and oxygen atoms in total. The summed E-state index contributed by atoms with van der Waals surface area (Å²) in [6.45, 7) is 6.95. The maximum atomic E-state index is 12.9. The summed E-state index contributed by atoms with van der Waals surface area (Å²) in [6, 6.07) is 17.5. The third kappa shape index (κ3) is 6.24. The Morgan fingerprint density at radius 2 is 1.63 bits per heavy atom. The molecule has 0 fully saturated rings. The Labute approximate surface area is 162 Å². The molecule has 0 unspecified atom stereocenters. The molecule has 2 aromatic rings. The zero-order valence-corrected chi connectivity index (χ0v) is 16.6. The quantitative estimate of drug-likeness (QED) is 0.732. The monoisotopic (exact) mass is 366 g/mol. The molecule has 0 saturated heterocycles. The molecular formula is C23H30N2O2. The first-order valence-corrected chi connectivity index (χ1v) is 9.71. The van der Waals surface area contributed by atoms with E-state index in [2.05, 4.69) is 5.32 Å². The second-order valence-electron chi connectivity index (χ2n) is 6.86. The minimum absolute atomic E-state index is 0.0110. The lowest BCUT2D eigenvalue weighted by atomic mass is 10.0. The van der Waals surface area contributed by atoms with Crippen molar-refractivity contribution in [3.05, 3.63) is 71.3 Å². The maximum Gasteiger partial charge on any atom is 0.243 e. The molecule has 0 bridgehead atoms. The number of hydrogen-bond acceptors (Lipinski definition) is 2. The van der Waals surface area contributed by atoms with Crippen LogP contribution in [0.2, 0.25) is 0 Å². The Morgan fingerprint density at radius 1 is 0.963 bits per heavy atom. The number of hydrogen-bond donors (Lipinski definition) is 1. The molecule has 4 heteroatoms. The third-order valence-corrected chi connectivity index (χ3v) is 4.60. The Morgan fingerprint density at radius 3 is 2.22 bits per heavy atom. The van der Waals surface area contributed by atoms with E-state index in [4.69, 9.17) is 0 Å². The number of benzene rings is 2. The van der Waals surface area contributed by atoms with Gasteiger partial charge in [-0.15, -0.1) is 0 Å². The molecular weight excluding hydrogens is 336 g/mol. The molecule has 0 spiro atoms. The van der Waals surface area contributed by atoms with Gasteiger partial charge in [0.25, 0.3) is 0 Å². The molecule has 2 aromatic carbocycles. The predicted octanol–water partition coefficient (Wildman–Crippen LogP) is 3.87. The molecule has 1 N–H and O–H groups in total. The molecule has 2 rings (SSSR count). The highest BCUT2D eigenvalue weighted by Crippen LogP contribution is 2.16. The van der Waals surface area contributed by atoms with Crippen LogP contribution in [-0.4, -0.2) is 29.3 Å². The van der Waals surface area contributed by atoms with Gasteiger partial charge in [0.05, 0.1) is 0 Å². The molecule has 1 atom stereocenters. The van der Waals surface area contributed by atoms with Gasteiger partial charge in [0.2, 0.25) is 11.8 Å². The van der Waals surface area contributed by atoms with Crippen molar-refractivity contribution in [1.82, 2.24) is 10.2 Å². The van der Waals surface area contributed by atoms with E-state index >= 15 is 0 Å². The summed E-state index contributed by atoms with van der Waals surface area (Å²) >= 11 is 0. The van der Waals surface area contributed by atoms with Crippen LogP contribution in [0.4, 0.5) is 0 Å². The number of carbonyl (C=O) groups is 2. The Kier molecular flexibility index (Phi) is 8.05. The summed E-state index contributed by atoms with van der Waals surface area (Å²) in [6.07, 6.45) is 1.75. The molecule has 0 aromatic heterocycles. The van der Waals surface area contributed by atoms with Crippen molar-refractivity contribution >= 4 is 11.8 Å². The van der Waals surface area contributed by atoms with Gasteiger partial charge in [-0.3, -0.25) is 9.59 Å². The van der Waals surface area contributed by atoms with Crippen molar-refractivity contribution in [2.45, 2.75) is 52.6 Å². The van der Waals surface area contributed by atoms with Gasteiger partial charge in [-0.1, -0.05) is 74.0 Å². The van der Waals surface area contributed by atoms with E-state index in [1.54, 1.807) is 4.90 Å². The standard InChI is InChI=1S/C23H30N2O2/c1-4-15-24-23(27)21(16-19-9-7-6-8-10-19)25(22(26)5-2)17-20-13-11-18(3)12-14-20/h6-14,21H,4-5,15-17H2,1-3H3,(H,24,27)/t21-/m0/s1. The fraction of sp³-hybridized carbons (Fsp3) is 0.391. The largest absolute Gasteiger partial charge is 0.354 e. The summed E-state index contributed by atoms with van der Waals surface area (Å²) in [5.41, 5.74) is 3.25. The molecule has 2 amide bonds. The van der Waals surface area contributed by atoms with Gasteiger partial charge in [-0.25, -0.2) is 0 Å². The van der Waals surface area contributed by atoms with Crippen molar-refractivity contribution in [2.24, 2.45) is 0 Å². The minimum Gasteiger partial charge on any atom is -0.354 e. The summed E-state index contributed by atoms with van der Waals surface area (Å²) < 4.78 is 0. The van der Waals surface area contributed by atoms with E-state index in [0.717, 1.165) is 17.5 Å². The van der Waals surface area contributed by atoms with Gasteiger partial charge in [-0.2, -0.15) is 0 Å². The smallest absolute Gasteiger partial charge is 0.243 e. The second-order valence-corrected chi connectivity index (χ2v) is 6.86. The zero-order valence-electron chi connectivity index (χ0n) is 16.6. The Balaban J connectivity index is 2.30. The summed E-state index contributed by atoms with van der Waals surface area (Å²) in [5.74, 6) is -0.0993. The number of nitrogens with zero attached hydrogens (tertiary/aromatic N) is 1. The predicted molar refractivity (Wildman–Crippen MR) is 109 cm³/mol. The van der Waals surface area contributed by atoms with Crippen LogP contribution in [0.3, 0.4) is 0 Å². The second kappa shape index (κ2) is 10.5. The van der Waals surface area contributed by atoms with Crippen LogP contribution < -0.4 is 5.32 Å². The van der Waals surface area contributed by atoms with Gasteiger partial charge in [0, 0.05) is 25.9 Å². The molecule has 27 heavy (non-hydrogen) atoms. The fourth-order valence-corrected chi connectivity index (χ4v) is 3.01. The number of nitrogens with one attached hydrogen (secondary N) is 1.